The van der Waals surface area contributed by atoms with Gasteiger partial charge in [0.1, 0.15) is 29.0 Å². The van der Waals surface area contributed by atoms with Gasteiger partial charge in [0.05, 0.1) is 5.69 Å². The minimum atomic E-state index is -0.347. The van der Waals surface area contributed by atoms with Gasteiger partial charge >= 0.3 is 0 Å². The van der Waals surface area contributed by atoms with Gasteiger partial charge in [-0.3, -0.25) is 0 Å². The number of nitrogens with zero attached hydrogens (tertiary/aromatic N) is 3. The highest BCUT2D eigenvalue weighted by Gasteiger charge is 2.19. The molecule has 0 amide bonds. The Kier molecular flexibility index (Phi) is 3.65. The van der Waals surface area contributed by atoms with E-state index in [9.17, 15) is 9.65 Å². The minimum Gasteiger partial charge on any atom is -0.382 e. The van der Waals surface area contributed by atoms with E-state index in [0.717, 1.165) is 10.2 Å². The summed E-state index contributed by atoms with van der Waals surface area (Å²) >= 11 is 3.44. The van der Waals surface area contributed by atoms with Crippen LogP contribution in [0.1, 0.15) is 5.56 Å². The molecule has 0 spiro atoms. The molecule has 1 aromatic heterocycles. The van der Waals surface area contributed by atoms with E-state index in [1.54, 1.807) is 12.1 Å². The van der Waals surface area contributed by atoms with Gasteiger partial charge < -0.3 is 5.73 Å². The van der Waals surface area contributed by atoms with Gasteiger partial charge in [0, 0.05) is 10.0 Å². The Bertz CT molecular complexity index is 878. The first-order valence-electron chi connectivity index (χ1n) is 6.41. The monoisotopic (exact) mass is 356 g/mol. The number of aromatic nitrogens is 2. The molecule has 22 heavy (non-hydrogen) atoms. The van der Waals surface area contributed by atoms with E-state index in [1.807, 2.05) is 24.3 Å². The zero-order chi connectivity index (χ0) is 15.7. The number of halogens is 2. The van der Waals surface area contributed by atoms with E-state index in [2.05, 4.69) is 27.1 Å². The maximum Gasteiger partial charge on any atom is 0.145 e. The van der Waals surface area contributed by atoms with E-state index in [-0.39, 0.29) is 17.2 Å². The Morgan fingerprint density at radius 3 is 2.45 bits per heavy atom. The molecule has 0 bridgehead atoms. The van der Waals surface area contributed by atoms with Crippen LogP contribution in [0.4, 0.5) is 10.2 Å². The number of benzene rings is 2. The highest BCUT2D eigenvalue weighted by atomic mass is 79.9. The lowest BCUT2D eigenvalue weighted by Gasteiger charge is -2.05. The smallest absolute Gasteiger partial charge is 0.145 e. The molecule has 0 aliphatic rings. The van der Waals surface area contributed by atoms with Gasteiger partial charge in [-0.25, -0.2) is 9.07 Å². The largest absolute Gasteiger partial charge is 0.382 e. The summed E-state index contributed by atoms with van der Waals surface area (Å²) in [4.78, 5) is 0. The van der Waals surface area contributed by atoms with E-state index >= 15 is 0 Å². The molecular weight excluding hydrogens is 347 g/mol. The van der Waals surface area contributed by atoms with Gasteiger partial charge in [0.2, 0.25) is 0 Å². The molecule has 0 unspecified atom stereocenters. The van der Waals surface area contributed by atoms with Crippen molar-refractivity contribution in [2.45, 2.75) is 0 Å². The molecule has 4 nitrogen and oxygen atoms in total. The van der Waals surface area contributed by atoms with Crippen molar-refractivity contribution in [3.8, 4) is 23.0 Å². The fourth-order valence-corrected chi connectivity index (χ4v) is 2.61. The van der Waals surface area contributed by atoms with Gasteiger partial charge in [0.15, 0.2) is 0 Å². The Morgan fingerprint density at radius 1 is 1.14 bits per heavy atom. The van der Waals surface area contributed by atoms with Crippen LogP contribution >= 0.6 is 15.9 Å². The number of nitrogen functional groups attached to an aromatic ring is 1. The van der Waals surface area contributed by atoms with Crippen LogP contribution < -0.4 is 5.73 Å². The number of para-hydroxylation sites is 1. The molecule has 0 saturated heterocycles. The quantitative estimate of drug-likeness (QED) is 0.757. The first-order chi connectivity index (χ1) is 10.6. The molecule has 3 rings (SSSR count). The van der Waals surface area contributed by atoms with Gasteiger partial charge in [-0.1, -0.05) is 12.1 Å². The van der Waals surface area contributed by atoms with Crippen LogP contribution in [0.15, 0.2) is 53.0 Å². The number of nitriles is 1. The number of hydrogen-bond acceptors (Lipinski definition) is 3. The molecule has 108 valence electrons. The van der Waals surface area contributed by atoms with Crippen molar-refractivity contribution in [2.24, 2.45) is 0 Å². The maximum atomic E-state index is 13.1. The topological polar surface area (TPSA) is 67.6 Å². The number of rotatable bonds is 2. The molecule has 0 saturated carbocycles. The van der Waals surface area contributed by atoms with Crippen molar-refractivity contribution in [2.75, 3.05) is 5.73 Å². The van der Waals surface area contributed by atoms with Crippen LogP contribution in [0.5, 0.6) is 0 Å². The average molecular weight is 357 g/mol. The van der Waals surface area contributed by atoms with E-state index in [1.165, 1.54) is 16.8 Å². The predicted molar refractivity (Wildman–Crippen MR) is 85.8 cm³/mol. The van der Waals surface area contributed by atoms with Crippen LogP contribution in [-0.2, 0) is 0 Å². The molecule has 0 fully saturated rings. The maximum absolute atomic E-state index is 13.1. The van der Waals surface area contributed by atoms with Crippen LogP contribution in [0.3, 0.4) is 0 Å². The van der Waals surface area contributed by atoms with Gasteiger partial charge in [0.25, 0.3) is 0 Å². The highest BCUT2D eigenvalue weighted by Crippen LogP contribution is 2.31. The number of hydrogen-bond donors (Lipinski definition) is 1. The third-order valence-electron chi connectivity index (χ3n) is 3.23. The summed E-state index contributed by atoms with van der Waals surface area (Å²) in [6, 6.07) is 15.3. The summed E-state index contributed by atoms with van der Waals surface area (Å²) in [6.07, 6.45) is 0. The molecule has 0 aliphatic carbocycles. The third-order valence-corrected chi connectivity index (χ3v) is 3.90. The molecule has 0 atom stereocenters. The standard InChI is InChI=1S/C16H10BrFN4/c17-13-3-1-2-4-14(13)22-16(20)12(9-19)15(21-22)10-5-7-11(18)8-6-10/h1-8H,20H2. The predicted octanol–water partition coefficient (Wildman–Crippen LogP) is 3.89. The third kappa shape index (κ3) is 2.36. The number of nitrogens with two attached hydrogens (primary N) is 1. The fraction of sp³-hybridized carbons (Fsp3) is 0. The first kappa shape index (κ1) is 14.3. The number of anilines is 1. The molecule has 2 aromatic carbocycles. The molecule has 2 N–H and O–H groups in total. The summed E-state index contributed by atoms with van der Waals surface area (Å²) < 4.78 is 15.4. The molecule has 0 aliphatic heterocycles. The van der Waals surface area contributed by atoms with Crippen molar-refractivity contribution in [3.05, 3.63) is 64.4 Å². The zero-order valence-corrected chi connectivity index (χ0v) is 12.9. The molecule has 3 aromatic rings. The van der Waals surface area contributed by atoms with Crippen LogP contribution in [0.25, 0.3) is 16.9 Å². The minimum absolute atomic E-state index is 0.244. The van der Waals surface area contributed by atoms with Crippen molar-refractivity contribution >= 4 is 21.7 Å². The Balaban J connectivity index is 2.22. The average Bonchev–Trinajstić information content (AvgIpc) is 2.85. The van der Waals surface area contributed by atoms with E-state index in [4.69, 9.17) is 5.73 Å². The second-order valence-corrected chi connectivity index (χ2v) is 5.45. The summed E-state index contributed by atoms with van der Waals surface area (Å²) in [7, 11) is 0. The normalized spacial score (nSPS) is 10.4. The fourth-order valence-electron chi connectivity index (χ4n) is 2.16. The molecule has 0 radical (unpaired) electrons. The lowest BCUT2D eigenvalue weighted by molar-refractivity contribution is 0.628. The Morgan fingerprint density at radius 2 is 1.82 bits per heavy atom. The Labute approximate surface area is 134 Å². The van der Waals surface area contributed by atoms with E-state index in [0.29, 0.717) is 11.3 Å². The van der Waals surface area contributed by atoms with Crippen molar-refractivity contribution in [1.29, 1.82) is 5.26 Å². The van der Waals surface area contributed by atoms with E-state index < -0.39 is 0 Å². The second-order valence-electron chi connectivity index (χ2n) is 4.59. The highest BCUT2D eigenvalue weighted by molar-refractivity contribution is 9.10. The van der Waals surface area contributed by atoms with Gasteiger partial charge in [-0.05, 0) is 52.3 Å². The lowest BCUT2D eigenvalue weighted by atomic mass is 10.1. The van der Waals surface area contributed by atoms with Gasteiger partial charge in [-0.2, -0.15) is 10.4 Å². The summed E-state index contributed by atoms with van der Waals surface area (Å²) in [5, 5.41) is 13.8. The van der Waals surface area contributed by atoms with Crippen LogP contribution in [0, 0.1) is 17.1 Å². The van der Waals surface area contributed by atoms with Crippen molar-refractivity contribution in [3.63, 3.8) is 0 Å². The summed E-state index contributed by atoms with van der Waals surface area (Å²) in [5.41, 5.74) is 8.12. The van der Waals surface area contributed by atoms with Crippen LogP contribution in [0.2, 0.25) is 0 Å². The molecule has 6 heteroatoms. The summed E-state index contributed by atoms with van der Waals surface area (Å²) in [5.74, 6) is -0.103. The molecule has 1 heterocycles. The zero-order valence-electron chi connectivity index (χ0n) is 11.3. The second kappa shape index (κ2) is 5.62. The SMILES string of the molecule is N#Cc1c(-c2ccc(F)cc2)nn(-c2ccccc2Br)c1N. The van der Waals surface area contributed by atoms with Crippen molar-refractivity contribution < 1.29 is 4.39 Å². The first-order valence-corrected chi connectivity index (χ1v) is 7.20. The van der Waals surface area contributed by atoms with Crippen LogP contribution in [-0.4, -0.2) is 9.78 Å². The molecular formula is C16H10BrFN4. The Hall–Kier alpha value is -2.65. The lowest BCUT2D eigenvalue weighted by Crippen LogP contribution is -2.03. The summed E-state index contributed by atoms with van der Waals surface area (Å²) in [6.45, 7) is 0. The van der Waals surface area contributed by atoms with Crippen molar-refractivity contribution in [1.82, 2.24) is 9.78 Å². The van der Waals surface area contributed by atoms with Gasteiger partial charge in [-0.15, -0.1) is 0 Å².